The number of anilines is 2. The summed E-state index contributed by atoms with van der Waals surface area (Å²) in [5, 5.41) is -0.611. The molecule has 0 fully saturated rings. The normalized spacial score (nSPS) is 10.3. The Balaban J connectivity index is 0.000000240. The molecule has 0 spiro atoms. The van der Waals surface area contributed by atoms with Gasteiger partial charge in [0.15, 0.2) is 5.82 Å². The topological polar surface area (TPSA) is 118 Å². The van der Waals surface area contributed by atoms with Crippen LogP contribution in [0.1, 0.15) is 0 Å². The van der Waals surface area contributed by atoms with Crippen LogP contribution in [0.3, 0.4) is 0 Å². The molecule has 0 radical (unpaired) electrons. The Morgan fingerprint density at radius 3 is 2.30 bits per heavy atom. The molecule has 0 atom stereocenters. The zero-order valence-corrected chi connectivity index (χ0v) is 11.4. The molecule has 20 heavy (non-hydrogen) atoms. The number of hydrogen-bond acceptors (Lipinski definition) is 5. The molecule has 0 saturated heterocycles. The summed E-state index contributed by atoms with van der Waals surface area (Å²) >= 11 is 5.26. The Hall–Kier alpha value is -1.97. The van der Waals surface area contributed by atoms with E-state index < -0.39 is 27.1 Å². The minimum Gasteiger partial charge on any atom is -0.399 e. The molecule has 1 heterocycles. The summed E-state index contributed by atoms with van der Waals surface area (Å²) in [5.74, 6) is -1.60. The standard InChI is InChI=1S/C6H7N.C4H3ClFN3O3S/c7-6-4-2-1-3-5-6;5-2-3(6)7-1-8-4(2)9-13(10,11)12/h1-5H,7H2;1H,(H,7,8,9)(H,10,11,12). The van der Waals surface area contributed by atoms with Gasteiger partial charge in [0, 0.05) is 5.69 Å². The van der Waals surface area contributed by atoms with E-state index in [0.717, 1.165) is 12.0 Å². The first kappa shape index (κ1) is 16.1. The molecule has 0 unspecified atom stereocenters. The van der Waals surface area contributed by atoms with Crippen molar-refractivity contribution in [3.05, 3.63) is 47.6 Å². The van der Waals surface area contributed by atoms with E-state index in [4.69, 9.17) is 21.9 Å². The Bertz CT molecular complexity index is 669. The summed E-state index contributed by atoms with van der Waals surface area (Å²) < 4.78 is 42.9. The average molecular weight is 321 g/mol. The summed E-state index contributed by atoms with van der Waals surface area (Å²) in [6, 6.07) is 9.49. The van der Waals surface area contributed by atoms with Crippen molar-refractivity contribution in [3.63, 3.8) is 0 Å². The first-order valence-corrected chi connectivity index (χ1v) is 6.83. The van der Waals surface area contributed by atoms with Crippen LogP contribution in [0.2, 0.25) is 5.02 Å². The van der Waals surface area contributed by atoms with Gasteiger partial charge < -0.3 is 5.73 Å². The number of aromatic nitrogens is 2. The quantitative estimate of drug-likeness (QED) is 0.441. The third kappa shape index (κ3) is 5.78. The molecule has 2 aromatic rings. The first-order valence-electron chi connectivity index (χ1n) is 5.01. The summed E-state index contributed by atoms with van der Waals surface area (Å²) in [6.07, 6.45) is 0.759. The zero-order chi connectivity index (χ0) is 15.2. The highest BCUT2D eigenvalue weighted by molar-refractivity contribution is 7.87. The van der Waals surface area contributed by atoms with Gasteiger partial charge in [0.05, 0.1) is 0 Å². The average Bonchev–Trinajstić information content (AvgIpc) is 2.35. The van der Waals surface area contributed by atoms with Gasteiger partial charge in [0.2, 0.25) is 5.95 Å². The molecule has 0 saturated carbocycles. The molecule has 0 aliphatic heterocycles. The molecular weight excluding hydrogens is 311 g/mol. The van der Waals surface area contributed by atoms with Crippen molar-refractivity contribution in [3.8, 4) is 0 Å². The SMILES string of the molecule is Nc1ccccc1.O=S(=O)(O)Nc1ncnc(F)c1Cl. The largest absolute Gasteiger partial charge is 0.399 e. The number of nitrogens with two attached hydrogens (primary N) is 1. The Labute approximate surface area is 119 Å². The van der Waals surface area contributed by atoms with E-state index in [1.165, 1.54) is 4.72 Å². The number of benzene rings is 1. The van der Waals surface area contributed by atoms with Gasteiger partial charge in [-0.1, -0.05) is 29.8 Å². The van der Waals surface area contributed by atoms with Gasteiger partial charge in [0.25, 0.3) is 0 Å². The monoisotopic (exact) mass is 320 g/mol. The van der Waals surface area contributed by atoms with E-state index in [1.807, 2.05) is 30.3 Å². The minimum atomic E-state index is -4.51. The van der Waals surface area contributed by atoms with E-state index in [9.17, 15) is 12.8 Å². The van der Waals surface area contributed by atoms with Crippen LogP contribution in [0.5, 0.6) is 0 Å². The maximum absolute atomic E-state index is 12.6. The lowest BCUT2D eigenvalue weighted by atomic mass is 10.3. The van der Waals surface area contributed by atoms with Gasteiger partial charge >= 0.3 is 10.3 Å². The van der Waals surface area contributed by atoms with E-state index in [0.29, 0.717) is 0 Å². The first-order chi connectivity index (χ1) is 9.29. The minimum absolute atomic E-state index is 0.517. The maximum atomic E-state index is 12.6. The maximum Gasteiger partial charge on any atom is 0.358 e. The van der Waals surface area contributed by atoms with Crippen molar-refractivity contribution in [2.24, 2.45) is 0 Å². The highest BCUT2D eigenvalue weighted by atomic mass is 35.5. The number of nitrogens with one attached hydrogen (secondary N) is 1. The molecule has 7 nitrogen and oxygen atoms in total. The number of rotatable bonds is 2. The number of hydrogen-bond donors (Lipinski definition) is 3. The molecule has 0 aliphatic rings. The van der Waals surface area contributed by atoms with E-state index >= 15 is 0 Å². The van der Waals surface area contributed by atoms with Crippen molar-refractivity contribution in [1.82, 2.24) is 9.97 Å². The fourth-order valence-corrected chi connectivity index (χ4v) is 1.59. The van der Waals surface area contributed by atoms with E-state index in [-0.39, 0.29) is 0 Å². The molecule has 0 aliphatic carbocycles. The Kier molecular flexibility index (Phi) is 5.62. The van der Waals surface area contributed by atoms with E-state index in [2.05, 4.69) is 9.97 Å². The predicted molar refractivity (Wildman–Crippen MR) is 73.0 cm³/mol. The third-order valence-corrected chi connectivity index (χ3v) is 2.56. The predicted octanol–water partition coefficient (Wildman–Crippen LogP) is 1.75. The lowest BCUT2D eigenvalue weighted by Gasteiger charge is -2.02. The highest BCUT2D eigenvalue weighted by Crippen LogP contribution is 2.20. The fourth-order valence-electron chi connectivity index (χ4n) is 0.995. The summed E-state index contributed by atoms with van der Waals surface area (Å²) in [4.78, 5) is 6.33. The van der Waals surface area contributed by atoms with Crippen LogP contribution >= 0.6 is 11.6 Å². The molecule has 108 valence electrons. The third-order valence-electron chi connectivity index (χ3n) is 1.77. The number of nitrogens with zero attached hydrogens (tertiary/aromatic N) is 2. The lowest BCUT2D eigenvalue weighted by Crippen LogP contribution is -2.12. The van der Waals surface area contributed by atoms with Gasteiger partial charge in [-0.2, -0.15) is 12.8 Å². The Morgan fingerprint density at radius 1 is 1.25 bits per heavy atom. The van der Waals surface area contributed by atoms with Crippen LogP contribution < -0.4 is 10.5 Å². The fraction of sp³-hybridized carbons (Fsp3) is 0. The van der Waals surface area contributed by atoms with Gasteiger partial charge in [-0.25, -0.2) is 14.7 Å². The van der Waals surface area contributed by atoms with Gasteiger partial charge in [-0.05, 0) is 12.1 Å². The second kappa shape index (κ2) is 6.98. The van der Waals surface area contributed by atoms with Crippen molar-refractivity contribution in [1.29, 1.82) is 0 Å². The number of para-hydroxylation sites is 1. The second-order valence-corrected chi connectivity index (χ2v) is 4.85. The molecule has 10 heteroatoms. The lowest BCUT2D eigenvalue weighted by molar-refractivity contribution is 0.489. The molecule has 2 rings (SSSR count). The number of nitrogen functional groups attached to an aromatic ring is 1. The Morgan fingerprint density at radius 2 is 1.85 bits per heavy atom. The molecule has 0 amide bonds. The number of halogens is 2. The molecule has 1 aromatic carbocycles. The van der Waals surface area contributed by atoms with Crippen LogP contribution in [0, 0.1) is 5.95 Å². The molecule has 4 N–H and O–H groups in total. The smallest absolute Gasteiger partial charge is 0.358 e. The molecular formula is C10H10ClFN4O3S. The van der Waals surface area contributed by atoms with Gasteiger partial charge in [-0.3, -0.25) is 4.55 Å². The van der Waals surface area contributed by atoms with Crippen molar-refractivity contribution < 1.29 is 17.4 Å². The van der Waals surface area contributed by atoms with Gasteiger partial charge in [-0.15, -0.1) is 0 Å². The van der Waals surface area contributed by atoms with Crippen molar-refractivity contribution in [2.75, 3.05) is 10.5 Å². The summed E-state index contributed by atoms with van der Waals surface area (Å²) in [6.45, 7) is 0. The van der Waals surface area contributed by atoms with Gasteiger partial charge in [0.1, 0.15) is 11.3 Å². The summed E-state index contributed by atoms with van der Waals surface area (Å²) in [5.41, 5.74) is 6.18. The van der Waals surface area contributed by atoms with Crippen LogP contribution in [-0.4, -0.2) is 22.9 Å². The van der Waals surface area contributed by atoms with Crippen LogP contribution in [0.15, 0.2) is 36.7 Å². The van der Waals surface area contributed by atoms with Crippen LogP contribution in [0.25, 0.3) is 0 Å². The molecule has 0 bridgehead atoms. The second-order valence-electron chi connectivity index (χ2n) is 3.31. The summed E-state index contributed by atoms with van der Waals surface area (Å²) in [7, 11) is -4.51. The van der Waals surface area contributed by atoms with E-state index in [1.54, 1.807) is 0 Å². The molecule has 1 aromatic heterocycles. The van der Waals surface area contributed by atoms with Crippen LogP contribution in [0.4, 0.5) is 15.9 Å². The van der Waals surface area contributed by atoms with Crippen LogP contribution in [-0.2, 0) is 10.3 Å². The highest BCUT2D eigenvalue weighted by Gasteiger charge is 2.12. The van der Waals surface area contributed by atoms with Crippen molar-refractivity contribution >= 4 is 33.4 Å². The van der Waals surface area contributed by atoms with Crippen molar-refractivity contribution in [2.45, 2.75) is 0 Å². The zero-order valence-electron chi connectivity index (χ0n) is 9.86.